The Kier molecular flexibility index (Phi) is 3.87. The van der Waals surface area contributed by atoms with Gasteiger partial charge < -0.3 is 5.11 Å². The van der Waals surface area contributed by atoms with Gasteiger partial charge in [-0.3, -0.25) is 0 Å². The maximum atomic E-state index is 12.8. The van der Waals surface area contributed by atoms with Crippen molar-refractivity contribution in [3.63, 3.8) is 0 Å². The summed E-state index contributed by atoms with van der Waals surface area (Å²) in [7, 11) is 0. The fourth-order valence-corrected chi connectivity index (χ4v) is 1.66. The molecule has 1 nitrogen and oxygen atoms in total. The summed E-state index contributed by atoms with van der Waals surface area (Å²) in [5.41, 5.74) is 1.48. The van der Waals surface area contributed by atoms with Crippen molar-refractivity contribution in [2.75, 3.05) is 0 Å². The second kappa shape index (κ2) is 4.79. The average Bonchev–Trinajstić information content (AvgIpc) is 2.17. The summed E-state index contributed by atoms with van der Waals surface area (Å²) >= 11 is 0. The molecule has 1 aromatic rings. The first kappa shape index (κ1) is 12.9. The van der Waals surface area contributed by atoms with Crippen LogP contribution in [0.3, 0.4) is 0 Å². The van der Waals surface area contributed by atoms with E-state index in [4.69, 9.17) is 0 Å². The van der Waals surface area contributed by atoms with Crippen molar-refractivity contribution in [3.8, 4) is 0 Å². The van der Waals surface area contributed by atoms with Gasteiger partial charge >= 0.3 is 0 Å². The Balaban J connectivity index is 2.91. The lowest BCUT2D eigenvalue weighted by Crippen LogP contribution is -2.33. The summed E-state index contributed by atoms with van der Waals surface area (Å²) in [6.07, 6.45) is 0.0557. The topological polar surface area (TPSA) is 20.2 Å². The summed E-state index contributed by atoms with van der Waals surface area (Å²) < 4.78 is 12.8. The van der Waals surface area contributed by atoms with Crippen LogP contribution < -0.4 is 0 Å². The maximum Gasteiger partial charge on any atom is 0.123 e. The molecule has 2 heteroatoms. The molecule has 0 aromatic heterocycles. The van der Waals surface area contributed by atoms with Crippen molar-refractivity contribution in [2.45, 2.75) is 38.7 Å². The lowest BCUT2D eigenvalue weighted by Gasteiger charge is -2.31. The molecule has 1 aromatic carbocycles. The first-order valence-electron chi connectivity index (χ1n) is 5.42. The summed E-state index contributed by atoms with van der Waals surface area (Å²) in [6.45, 7) is 9.59. The van der Waals surface area contributed by atoms with E-state index in [9.17, 15) is 9.50 Å². The van der Waals surface area contributed by atoms with Crippen molar-refractivity contribution in [3.05, 3.63) is 47.8 Å². The fraction of sp³-hybridized carbons (Fsp3) is 0.429. The van der Waals surface area contributed by atoms with E-state index >= 15 is 0 Å². The summed E-state index contributed by atoms with van der Waals surface area (Å²) in [5, 5.41) is 10.1. The number of hydrogen-bond donors (Lipinski definition) is 1. The molecule has 16 heavy (non-hydrogen) atoms. The Labute approximate surface area is 96.6 Å². The molecule has 0 aliphatic heterocycles. The highest BCUT2D eigenvalue weighted by molar-refractivity contribution is 5.26. The van der Waals surface area contributed by atoms with Gasteiger partial charge in [-0.1, -0.05) is 31.6 Å². The van der Waals surface area contributed by atoms with Crippen LogP contribution in [-0.2, 0) is 5.41 Å². The van der Waals surface area contributed by atoms with Gasteiger partial charge in [0, 0.05) is 5.41 Å². The fourth-order valence-electron chi connectivity index (χ4n) is 1.66. The molecule has 0 saturated carbocycles. The second-order valence-corrected chi connectivity index (χ2v) is 4.91. The molecule has 1 atom stereocenters. The van der Waals surface area contributed by atoms with Gasteiger partial charge in [-0.05, 0) is 31.0 Å². The van der Waals surface area contributed by atoms with Crippen LogP contribution in [0.4, 0.5) is 4.39 Å². The van der Waals surface area contributed by atoms with E-state index in [1.165, 1.54) is 12.1 Å². The van der Waals surface area contributed by atoms with Gasteiger partial charge in [-0.15, -0.1) is 6.58 Å². The van der Waals surface area contributed by atoms with Crippen LogP contribution in [0.5, 0.6) is 0 Å². The van der Waals surface area contributed by atoms with Gasteiger partial charge in [-0.2, -0.15) is 0 Å². The lowest BCUT2D eigenvalue weighted by atomic mass is 9.77. The molecule has 0 aliphatic carbocycles. The smallest absolute Gasteiger partial charge is 0.123 e. The van der Waals surface area contributed by atoms with Crippen LogP contribution >= 0.6 is 0 Å². The zero-order valence-corrected chi connectivity index (χ0v) is 10.1. The third kappa shape index (κ3) is 2.92. The highest BCUT2D eigenvalue weighted by Crippen LogP contribution is 2.30. The van der Waals surface area contributed by atoms with Crippen LogP contribution in [0.15, 0.2) is 36.4 Å². The summed E-state index contributed by atoms with van der Waals surface area (Å²) in [4.78, 5) is 0. The van der Waals surface area contributed by atoms with E-state index in [1.807, 2.05) is 20.8 Å². The molecule has 0 heterocycles. The molecule has 88 valence electrons. The van der Waals surface area contributed by atoms with Crippen LogP contribution in [0.1, 0.15) is 32.8 Å². The van der Waals surface area contributed by atoms with Crippen molar-refractivity contribution in [2.24, 2.45) is 0 Å². The number of hydrogen-bond acceptors (Lipinski definition) is 1. The Bertz CT molecular complexity index is 365. The number of halogens is 1. The van der Waals surface area contributed by atoms with E-state index in [-0.39, 0.29) is 5.82 Å². The number of benzene rings is 1. The molecule has 1 unspecified atom stereocenters. The minimum atomic E-state index is -0.504. The van der Waals surface area contributed by atoms with Crippen LogP contribution in [0.2, 0.25) is 0 Å². The highest BCUT2D eigenvalue weighted by atomic mass is 19.1. The molecule has 0 saturated heterocycles. The van der Waals surface area contributed by atoms with Crippen LogP contribution in [0, 0.1) is 5.82 Å². The quantitative estimate of drug-likeness (QED) is 0.774. The largest absolute Gasteiger partial charge is 0.392 e. The zero-order chi connectivity index (χ0) is 12.3. The van der Waals surface area contributed by atoms with E-state index in [2.05, 4.69) is 6.58 Å². The van der Waals surface area contributed by atoms with Gasteiger partial charge in [0.25, 0.3) is 0 Å². The van der Waals surface area contributed by atoms with Gasteiger partial charge in [0.15, 0.2) is 0 Å². The standard InChI is InChI=1S/C14H19FO/c1-10(2)9-13(16)14(3,4)11-5-7-12(15)8-6-11/h5-8,13,16H,1,9H2,2-4H3. The second-order valence-electron chi connectivity index (χ2n) is 4.91. The zero-order valence-electron chi connectivity index (χ0n) is 10.1. The van der Waals surface area contributed by atoms with Crippen molar-refractivity contribution >= 4 is 0 Å². The number of aliphatic hydroxyl groups is 1. The van der Waals surface area contributed by atoms with Crippen molar-refractivity contribution in [1.29, 1.82) is 0 Å². The van der Waals surface area contributed by atoms with E-state index in [1.54, 1.807) is 12.1 Å². The predicted molar refractivity (Wildman–Crippen MR) is 64.9 cm³/mol. The average molecular weight is 222 g/mol. The molecular formula is C14H19FO. The third-order valence-corrected chi connectivity index (χ3v) is 2.96. The van der Waals surface area contributed by atoms with Gasteiger partial charge in [-0.25, -0.2) is 4.39 Å². The molecule has 0 amide bonds. The van der Waals surface area contributed by atoms with Crippen LogP contribution in [0.25, 0.3) is 0 Å². The van der Waals surface area contributed by atoms with Crippen LogP contribution in [-0.4, -0.2) is 11.2 Å². The molecule has 0 spiro atoms. The van der Waals surface area contributed by atoms with E-state index in [0.717, 1.165) is 11.1 Å². The first-order chi connectivity index (χ1) is 7.34. The van der Waals surface area contributed by atoms with Gasteiger partial charge in [0.05, 0.1) is 6.10 Å². The predicted octanol–water partition coefficient (Wildman–Crippen LogP) is 3.43. The molecule has 0 aliphatic rings. The molecular weight excluding hydrogens is 203 g/mol. The first-order valence-corrected chi connectivity index (χ1v) is 5.42. The lowest BCUT2D eigenvalue weighted by molar-refractivity contribution is 0.100. The molecule has 0 radical (unpaired) electrons. The molecule has 0 fully saturated rings. The summed E-state index contributed by atoms with van der Waals surface area (Å²) in [6, 6.07) is 6.28. The van der Waals surface area contributed by atoms with Gasteiger partial charge in [0.2, 0.25) is 0 Å². The van der Waals surface area contributed by atoms with E-state index in [0.29, 0.717) is 6.42 Å². The SMILES string of the molecule is C=C(C)CC(O)C(C)(C)c1ccc(F)cc1. The third-order valence-electron chi connectivity index (χ3n) is 2.96. The van der Waals surface area contributed by atoms with Gasteiger partial charge in [0.1, 0.15) is 5.82 Å². The number of aliphatic hydroxyl groups excluding tert-OH is 1. The Morgan fingerprint density at radius 1 is 1.38 bits per heavy atom. The Morgan fingerprint density at radius 3 is 2.31 bits per heavy atom. The maximum absolute atomic E-state index is 12.8. The van der Waals surface area contributed by atoms with E-state index < -0.39 is 11.5 Å². The minimum absolute atomic E-state index is 0.256. The Morgan fingerprint density at radius 2 is 1.88 bits per heavy atom. The Hall–Kier alpha value is -1.15. The highest BCUT2D eigenvalue weighted by Gasteiger charge is 2.29. The molecule has 1 rings (SSSR count). The molecule has 0 bridgehead atoms. The minimum Gasteiger partial charge on any atom is -0.392 e. The normalized spacial score (nSPS) is 13.6. The number of rotatable bonds is 4. The monoisotopic (exact) mass is 222 g/mol. The van der Waals surface area contributed by atoms with Crippen molar-refractivity contribution < 1.29 is 9.50 Å². The molecule has 1 N–H and O–H groups in total. The summed E-state index contributed by atoms with van der Waals surface area (Å²) in [5.74, 6) is -0.256. The van der Waals surface area contributed by atoms with Crippen molar-refractivity contribution in [1.82, 2.24) is 0 Å².